The summed E-state index contributed by atoms with van der Waals surface area (Å²) in [5, 5.41) is 8.38. The van der Waals surface area contributed by atoms with Crippen LogP contribution < -0.4 is 10.5 Å². The third kappa shape index (κ3) is 5.55. The number of ether oxygens (including phenoxy) is 1. The number of hydrogen-bond acceptors (Lipinski definition) is 6. The number of nitrogens with one attached hydrogen (secondary N) is 1. The monoisotopic (exact) mass is 469 g/mol. The smallest absolute Gasteiger partial charge is 0.339 e. The number of sulfonamides is 1. The molecule has 0 radical (unpaired) electrons. The van der Waals surface area contributed by atoms with E-state index < -0.39 is 28.0 Å². The van der Waals surface area contributed by atoms with Crippen LogP contribution in [0.1, 0.15) is 48.8 Å². The molecule has 1 aromatic heterocycles. The third-order valence-corrected chi connectivity index (χ3v) is 6.16. The molecular formula is C24H27N3O5S. The summed E-state index contributed by atoms with van der Waals surface area (Å²) in [7, 11) is -3.83. The van der Waals surface area contributed by atoms with Crippen molar-refractivity contribution in [2.75, 3.05) is 5.32 Å². The minimum atomic E-state index is -3.83. The Morgan fingerprint density at radius 2 is 1.76 bits per heavy atom. The molecule has 0 saturated heterocycles. The predicted octanol–water partition coefficient (Wildman–Crippen LogP) is 3.58. The van der Waals surface area contributed by atoms with Gasteiger partial charge in [0, 0.05) is 16.8 Å². The minimum absolute atomic E-state index is 0.0699. The van der Waals surface area contributed by atoms with Crippen molar-refractivity contribution in [3.63, 3.8) is 0 Å². The topological polar surface area (TPSA) is 128 Å². The van der Waals surface area contributed by atoms with Gasteiger partial charge in [0.2, 0.25) is 10.0 Å². The Balaban J connectivity index is 1.83. The van der Waals surface area contributed by atoms with E-state index in [0.717, 1.165) is 24.1 Å². The Labute approximate surface area is 193 Å². The normalized spacial score (nSPS) is 12.4. The molecule has 0 bridgehead atoms. The zero-order valence-electron chi connectivity index (χ0n) is 18.8. The van der Waals surface area contributed by atoms with Gasteiger partial charge in [0.1, 0.15) is 0 Å². The molecule has 1 heterocycles. The fourth-order valence-corrected chi connectivity index (χ4v) is 4.12. The van der Waals surface area contributed by atoms with E-state index >= 15 is 0 Å². The highest BCUT2D eigenvalue weighted by Crippen LogP contribution is 2.26. The van der Waals surface area contributed by atoms with Gasteiger partial charge < -0.3 is 10.1 Å². The number of anilines is 1. The Morgan fingerprint density at radius 3 is 2.36 bits per heavy atom. The third-order valence-electron chi connectivity index (χ3n) is 5.23. The fraction of sp³-hybridized carbons (Fsp3) is 0.292. The van der Waals surface area contributed by atoms with Crippen LogP contribution in [0, 0.1) is 0 Å². The number of aromatic nitrogens is 1. The average Bonchev–Trinajstić information content (AvgIpc) is 2.78. The first-order chi connectivity index (χ1) is 15.7. The van der Waals surface area contributed by atoms with Crippen molar-refractivity contribution in [2.24, 2.45) is 5.14 Å². The van der Waals surface area contributed by atoms with Gasteiger partial charge in [-0.05, 0) is 55.7 Å². The molecule has 9 heteroatoms. The van der Waals surface area contributed by atoms with Crippen molar-refractivity contribution in [2.45, 2.75) is 51.0 Å². The molecule has 1 unspecified atom stereocenters. The van der Waals surface area contributed by atoms with Crippen LogP contribution in [0.3, 0.4) is 0 Å². The maximum Gasteiger partial charge on any atom is 0.339 e. The number of esters is 1. The van der Waals surface area contributed by atoms with Crippen molar-refractivity contribution in [3.8, 4) is 0 Å². The SMILES string of the molecule is CCCc1nc2ccccc2c(C(=O)OC(C)C(=O)Nc2ccc(S(N)(=O)=O)cc2)c1CC. The molecule has 0 spiro atoms. The lowest BCUT2D eigenvalue weighted by molar-refractivity contribution is -0.123. The van der Waals surface area contributed by atoms with Crippen molar-refractivity contribution in [1.29, 1.82) is 0 Å². The molecular weight excluding hydrogens is 442 g/mol. The van der Waals surface area contributed by atoms with Crippen molar-refractivity contribution in [3.05, 3.63) is 65.4 Å². The molecule has 33 heavy (non-hydrogen) atoms. The molecule has 3 N–H and O–H groups in total. The van der Waals surface area contributed by atoms with Gasteiger partial charge in [-0.25, -0.2) is 18.4 Å². The Kier molecular flexibility index (Phi) is 7.45. The lowest BCUT2D eigenvalue weighted by Gasteiger charge is -2.18. The van der Waals surface area contributed by atoms with Crippen LogP contribution >= 0.6 is 0 Å². The van der Waals surface area contributed by atoms with Crippen LogP contribution in [-0.4, -0.2) is 31.4 Å². The molecule has 2 aromatic carbocycles. The molecule has 8 nitrogen and oxygen atoms in total. The summed E-state index contributed by atoms with van der Waals surface area (Å²) in [5.41, 5.74) is 3.18. The first-order valence-electron chi connectivity index (χ1n) is 10.7. The van der Waals surface area contributed by atoms with Crippen molar-refractivity contribution >= 4 is 38.5 Å². The molecule has 174 valence electrons. The lowest BCUT2D eigenvalue weighted by Crippen LogP contribution is -2.30. The summed E-state index contributed by atoms with van der Waals surface area (Å²) in [4.78, 5) is 30.5. The maximum absolute atomic E-state index is 13.2. The first kappa shape index (κ1) is 24.3. The number of carbonyl (C=O) groups is 2. The molecule has 1 amide bonds. The summed E-state index contributed by atoms with van der Waals surface area (Å²) in [6.45, 7) is 5.49. The van der Waals surface area contributed by atoms with Crippen LogP contribution in [0.25, 0.3) is 10.9 Å². The van der Waals surface area contributed by atoms with Gasteiger partial charge in [-0.2, -0.15) is 0 Å². The van der Waals surface area contributed by atoms with Crippen LogP contribution in [0.4, 0.5) is 5.69 Å². The summed E-state index contributed by atoms with van der Waals surface area (Å²) in [5.74, 6) is -1.13. The Bertz CT molecular complexity index is 1290. The lowest BCUT2D eigenvalue weighted by atomic mass is 9.96. The predicted molar refractivity (Wildman–Crippen MR) is 126 cm³/mol. The molecule has 1 atom stereocenters. The van der Waals surface area contributed by atoms with Gasteiger partial charge in [-0.3, -0.25) is 9.78 Å². The van der Waals surface area contributed by atoms with Crippen LogP contribution in [0.15, 0.2) is 53.4 Å². The van der Waals surface area contributed by atoms with Crippen molar-refractivity contribution < 1.29 is 22.7 Å². The molecule has 0 saturated carbocycles. The van der Waals surface area contributed by atoms with E-state index in [2.05, 4.69) is 12.2 Å². The number of para-hydroxylation sites is 1. The molecule has 0 fully saturated rings. The molecule has 3 rings (SSSR count). The number of amides is 1. The fourth-order valence-electron chi connectivity index (χ4n) is 3.60. The van der Waals surface area contributed by atoms with Gasteiger partial charge in [-0.15, -0.1) is 0 Å². The number of hydrogen-bond donors (Lipinski definition) is 2. The highest BCUT2D eigenvalue weighted by Gasteiger charge is 2.25. The summed E-state index contributed by atoms with van der Waals surface area (Å²) < 4.78 is 28.3. The highest BCUT2D eigenvalue weighted by atomic mass is 32.2. The summed E-state index contributed by atoms with van der Waals surface area (Å²) in [6.07, 6.45) is 1.14. The Hall–Kier alpha value is -3.30. The molecule has 3 aromatic rings. The summed E-state index contributed by atoms with van der Waals surface area (Å²) >= 11 is 0. The second kappa shape index (κ2) is 10.1. The quantitative estimate of drug-likeness (QED) is 0.485. The van der Waals surface area contributed by atoms with E-state index in [1.807, 2.05) is 31.2 Å². The number of fused-ring (bicyclic) bond motifs is 1. The largest absolute Gasteiger partial charge is 0.449 e. The van der Waals surface area contributed by atoms with Gasteiger partial charge in [0.25, 0.3) is 5.91 Å². The molecule has 0 aliphatic heterocycles. The number of pyridine rings is 1. The number of nitrogens with two attached hydrogens (primary N) is 1. The highest BCUT2D eigenvalue weighted by molar-refractivity contribution is 7.89. The standard InChI is InChI=1S/C24H27N3O5S/c1-4-8-20-18(5-2)22(19-9-6-7-10-21(19)27-20)24(29)32-15(3)23(28)26-16-11-13-17(14-12-16)33(25,30)31/h6-7,9-15H,4-5,8H2,1-3H3,(H,26,28)(H2,25,30,31). The van der Waals surface area contributed by atoms with E-state index in [1.165, 1.54) is 31.2 Å². The average molecular weight is 470 g/mol. The zero-order valence-corrected chi connectivity index (χ0v) is 19.6. The van der Waals surface area contributed by atoms with E-state index in [-0.39, 0.29) is 4.90 Å². The van der Waals surface area contributed by atoms with Crippen LogP contribution in [0.5, 0.6) is 0 Å². The number of carbonyl (C=O) groups excluding carboxylic acids is 2. The molecule has 0 aliphatic carbocycles. The van der Waals surface area contributed by atoms with E-state index in [4.69, 9.17) is 14.9 Å². The van der Waals surface area contributed by atoms with Gasteiger partial charge in [0.05, 0.1) is 16.0 Å². The Morgan fingerprint density at radius 1 is 1.09 bits per heavy atom. The van der Waals surface area contributed by atoms with Gasteiger partial charge >= 0.3 is 5.97 Å². The maximum atomic E-state index is 13.2. The number of rotatable bonds is 8. The summed E-state index contributed by atoms with van der Waals surface area (Å²) in [6, 6.07) is 12.8. The zero-order chi connectivity index (χ0) is 24.2. The second-order valence-corrected chi connectivity index (χ2v) is 9.20. The van der Waals surface area contributed by atoms with Crippen LogP contribution in [-0.2, 0) is 32.4 Å². The number of aryl methyl sites for hydroxylation is 1. The first-order valence-corrected chi connectivity index (χ1v) is 12.3. The van der Waals surface area contributed by atoms with E-state index in [1.54, 1.807) is 0 Å². The van der Waals surface area contributed by atoms with Crippen molar-refractivity contribution in [1.82, 2.24) is 4.98 Å². The minimum Gasteiger partial charge on any atom is -0.449 e. The van der Waals surface area contributed by atoms with E-state index in [9.17, 15) is 18.0 Å². The number of nitrogens with zero attached hydrogens (tertiary/aromatic N) is 1. The van der Waals surface area contributed by atoms with Gasteiger partial charge in [0.15, 0.2) is 6.10 Å². The number of primary sulfonamides is 1. The van der Waals surface area contributed by atoms with E-state index in [0.29, 0.717) is 28.6 Å². The molecule has 0 aliphatic rings. The van der Waals surface area contributed by atoms with Crippen LogP contribution in [0.2, 0.25) is 0 Å². The number of benzene rings is 2. The van der Waals surface area contributed by atoms with Gasteiger partial charge in [-0.1, -0.05) is 38.5 Å². The second-order valence-electron chi connectivity index (χ2n) is 7.64.